The van der Waals surface area contributed by atoms with E-state index in [1.54, 1.807) is 30.5 Å². The molecule has 0 unspecified atom stereocenters. The van der Waals surface area contributed by atoms with E-state index in [1.165, 1.54) is 11.3 Å². The molecule has 2 aromatic rings. The molecule has 1 aromatic heterocycles. The fourth-order valence-corrected chi connectivity index (χ4v) is 3.07. The SMILES string of the molecule is O=C(c1ccc(Cl)cc1)c1cnc(N2CCOCC2)s1. The fraction of sp³-hybridized carbons (Fsp3) is 0.286. The van der Waals surface area contributed by atoms with Crippen LogP contribution in [0.1, 0.15) is 15.2 Å². The molecule has 1 aliphatic rings. The smallest absolute Gasteiger partial charge is 0.204 e. The standard InChI is InChI=1S/C14H13ClN2O2S/c15-11-3-1-10(2-4-11)13(18)12-9-16-14(20-12)17-5-7-19-8-6-17/h1-4,9H,5-8H2. The average Bonchev–Trinajstić information content (AvgIpc) is 2.98. The molecule has 1 aliphatic heterocycles. The lowest BCUT2D eigenvalue weighted by Crippen LogP contribution is -2.36. The fourth-order valence-electron chi connectivity index (χ4n) is 2.01. The number of ether oxygens (including phenoxy) is 1. The van der Waals surface area contributed by atoms with E-state index in [-0.39, 0.29) is 5.78 Å². The molecular formula is C14H13ClN2O2S. The second-order valence-corrected chi connectivity index (χ2v) is 5.89. The Kier molecular flexibility index (Phi) is 4.00. The molecule has 0 amide bonds. The number of carbonyl (C=O) groups excluding carboxylic acids is 1. The van der Waals surface area contributed by atoms with Crippen molar-refractivity contribution in [1.82, 2.24) is 4.98 Å². The predicted molar refractivity (Wildman–Crippen MR) is 80.0 cm³/mol. The molecule has 0 radical (unpaired) electrons. The molecule has 104 valence electrons. The van der Waals surface area contributed by atoms with E-state index >= 15 is 0 Å². The number of aromatic nitrogens is 1. The second kappa shape index (κ2) is 5.91. The van der Waals surface area contributed by atoms with Gasteiger partial charge in [0.05, 0.1) is 24.3 Å². The summed E-state index contributed by atoms with van der Waals surface area (Å²) in [7, 11) is 0. The Morgan fingerprint density at radius 2 is 1.95 bits per heavy atom. The van der Waals surface area contributed by atoms with Gasteiger partial charge in [0, 0.05) is 23.7 Å². The molecule has 0 bridgehead atoms. The summed E-state index contributed by atoms with van der Waals surface area (Å²) in [5.74, 6) is -0.0151. The minimum absolute atomic E-state index is 0.0151. The van der Waals surface area contributed by atoms with Crippen molar-refractivity contribution in [3.05, 3.63) is 45.9 Å². The molecule has 0 atom stereocenters. The van der Waals surface area contributed by atoms with Gasteiger partial charge in [0.25, 0.3) is 0 Å². The Bertz CT molecular complexity index is 606. The minimum Gasteiger partial charge on any atom is -0.378 e. The first kappa shape index (κ1) is 13.5. The number of anilines is 1. The number of hydrogen-bond acceptors (Lipinski definition) is 5. The van der Waals surface area contributed by atoms with Crippen LogP contribution in [-0.4, -0.2) is 37.1 Å². The Morgan fingerprint density at radius 3 is 2.65 bits per heavy atom. The van der Waals surface area contributed by atoms with Crippen molar-refractivity contribution in [2.45, 2.75) is 0 Å². The third-order valence-corrected chi connectivity index (χ3v) is 4.41. The van der Waals surface area contributed by atoms with Crippen molar-refractivity contribution in [2.24, 2.45) is 0 Å². The topological polar surface area (TPSA) is 42.4 Å². The van der Waals surface area contributed by atoms with E-state index in [2.05, 4.69) is 9.88 Å². The zero-order valence-corrected chi connectivity index (χ0v) is 12.3. The first-order valence-corrected chi connectivity index (χ1v) is 7.52. The zero-order valence-electron chi connectivity index (χ0n) is 10.7. The number of carbonyl (C=O) groups is 1. The Balaban J connectivity index is 1.78. The van der Waals surface area contributed by atoms with Crippen molar-refractivity contribution in [3.63, 3.8) is 0 Å². The van der Waals surface area contributed by atoms with Crippen molar-refractivity contribution < 1.29 is 9.53 Å². The summed E-state index contributed by atoms with van der Waals surface area (Å²) in [4.78, 5) is 19.5. The zero-order chi connectivity index (χ0) is 13.9. The van der Waals surface area contributed by atoms with Gasteiger partial charge in [-0.25, -0.2) is 4.98 Å². The van der Waals surface area contributed by atoms with Gasteiger partial charge in [0.1, 0.15) is 0 Å². The number of ketones is 1. The predicted octanol–water partition coefficient (Wildman–Crippen LogP) is 2.86. The van der Waals surface area contributed by atoms with E-state index in [0.717, 1.165) is 18.2 Å². The summed E-state index contributed by atoms with van der Waals surface area (Å²) in [6, 6.07) is 6.91. The van der Waals surface area contributed by atoms with E-state index < -0.39 is 0 Å². The number of rotatable bonds is 3. The van der Waals surface area contributed by atoms with Crippen LogP contribution in [0.3, 0.4) is 0 Å². The second-order valence-electron chi connectivity index (χ2n) is 4.44. The highest BCUT2D eigenvalue weighted by Crippen LogP contribution is 2.25. The van der Waals surface area contributed by atoms with Crippen LogP contribution in [0.5, 0.6) is 0 Å². The van der Waals surface area contributed by atoms with Crippen LogP contribution in [-0.2, 0) is 4.74 Å². The normalized spacial score (nSPS) is 15.3. The average molecular weight is 309 g/mol. The summed E-state index contributed by atoms with van der Waals surface area (Å²) < 4.78 is 5.31. The van der Waals surface area contributed by atoms with Crippen molar-refractivity contribution in [1.29, 1.82) is 0 Å². The molecule has 20 heavy (non-hydrogen) atoms. The molecule has 2 heterocycles. The highest BCUT2D eigenvalue weighted by molar-refractivity contribution is 7.17. The van der Waals surface area contributed by atoms with Gasteiger partial charge in [0.2, 0.25) is 5.78 Å². The third-order valence-electron chi connectivity index (χ3n) is 3.11. The third kappa shape index (κ3) is 2.85. The van der Waals surface area contributed by atoms with Gasteiger partial charge >= 0.3 is 0 Å². The maximum absolute atomic E-state index is 12.3. The Morgan fingerprint density at radius 1 is 1.25 bits per heavy atom. The van der Waals surface area contributed by atoms with Gasteiger partial charge in [0.15, 0.2) is 5.13 Å². The van der Waals surface area contributed by atoms with Gasteiger partial charge in [-0.2, -0.15) is 0 Å². The molecular weight excluding hydrogens is 296 g/mol. The number of halogens is 1. The largest absolute Gasteiger partial charge is 0.378 e. The van der Waals surface area contributed by atoms with Crippen LogP contribution in [0.15, 0.2) is 30.5 Å². The van der Waals surface area contributed by atoms with E-state index in [4.69, 9.17) is 16.3 Å². The molecule has 0 N–H and O–H groups in total. The van der Waals surface area contributed by atoms with Crippen LogP contribution in [0, 0.1) is 0 Å². The van der Waals surface area contributed by atoms with E-state index in [0.29, 0.717) is 28.7 Å². The molecule has 1 fully saturated rings. The highest BCUT2D eigenvalue weighted by atomic mass is 35.5. The number of benzene rings is 1. The van der Waals surface area contributed by atoms with Crippen LogP contribution in [0.2, 0.25) is 5.02 Å². The van der Waals surface area contributed by atoms with Crippen molar-refractivity contribution in [3.8, 4) is 0 Å². The van der Waals surface area contributed by atoms with Gasteiger partial charge in [-0.3, -0.25) is 4.79 Å². The van der Waals surface area contributed by atoms with Crippen LogP contribution in [0.4, 0.5) is 5.13 Å². The molecule has 6 heteroatoms. The molecule has 1 saturated heterocycles. The summed E-state index contributed by atoms with van der Waals surface area (Å²) in [6.45, 7) is 3.06. The van der Waals surface area contributed by atoms with Crippen LogP contribution < -0.4 is 4.90 Å². The maximum atomic E-state index is 12.3. The number of thiazole rings is 1. The minimum atomic E-state index is -0.0151. The molecule has 0 saturated carbocycles. The molecule has 0 spiro atoms. The van der Waals surface area contributed by atoms with Crippen molar-refractivity contribution >= 4 is 33.9 Å². The molecule has 0 aliphatic carbocycles. The van der Waals surface area contributed by atoms with E-state index in [9.17, 15) is 4.79 Å². The summed E-state index contributed by atoms with van der Waals surface area (Å²) >= 11 is 7.25. The lowest BCUT2D eigenvalue weighted by molar-refractivity contribution is 0.104. The maximum Gasteiger partial charge on any atom is 0.204 e. The number of hydrogen-bond donors (Lipinski definition) is 0. The lowest BCUT2D eigenvalue weighted by atomic mass is 10.1. The Hall–Kier alpha value is -1.43. The monoisotopic (exact) mass is 308 g/mol. The first-order chi connectivity index (χ1) is 9.74. The van der Waals surface area contributed by atoms with Gasteiger partial charge in [-0.05, 0) is 24.3 Å². The lowest BCUT2D eigenvalue weighted by Gasteiger charge is -2.25. The van der Waals surface area contributed by atoms with Gasteiger partial charge < -0.3 is 9.64 Å². The summed E-state index contributed by atoms with van der Waals surface area (Å²) in [5, 5.41) is 1.51. The van der Waals surface area contributed by atoms with Crippen molar-refractivity contribution in [2.75, 3.05) is 31.2 Å². The number of nitrogens with zero attached hydrogens (tertiary/aromatic N) is 2. The molecule has 4 nitrogen and oxygen atoms in total. The Labute approximate surface area is 126 Å². The molecule has 1 aromatic carbocycles. The van der Waals surface area contributed by atoms with Gasteiger partial charge in [-0.15, -0.1) is 0 Å². The van der Waals surface area contributed by atoms with Crippen LogP contribution in [0.25, 0.3) is 0 Å². The summed E-state index contributed by atoms with van der Waals surface area (Å²) in [6.07, 6.45) is 1.65. The van der Waals surface area contributed by atoms with Gasteiger partial charge in [-0.1, -0.05) is 22.9 Å². The van der Waals surface area contributed by atoms with E-state index in [1.807, 2.05) is 0 Å². The summed E-state index contributed by atoms with van der Waals surface area (Å²) in [5.41, 5.74) is 0.631. The molecule has 3 rings (SSSR count). The highest BCUT2D eigenvalue weighted by Gasteiger charge is 2.18. The first-order valence-electron chi connectivity index (χ1n) is 6.33. The quantitative estimate of drug-likeness (QED) is 0.818. The number of morpholine rings is 1. The van der Waals surface area contributed by atoms with Crippen LogP contribution >= 0.6 is 22.9 Å².